The average Bonchev–Trinajstić information content (AvgIpc) is 3.54. The van der Waals surface area contributed by atoms with Gasteiger partial charge in [0.1, 0.15) is 25.5 Å². The standard InChI is InChI=1S/C35H41N2O7P/c1-26(22-27-12-4-2-5-13-27)44-45(41,42)25-37(34(39)30-17-8-9-18-30)32-21-20-29-16-10-11-19-31(29)36(35(32)40)23-33(38)43-24-28-14-6-3-7-15-28/h2-7,10-16,19,26,30,32H,8-9,17-18,20-25H2,1H3,(H,41,42)/t26?,32-/m0/s1. The highest BCUT2D eigenvalue weighted by atomic mass is 31.2. The molecule has 1 N–H and O–H groups in total. The zero-order valence-corrected chi connectivity index (χ0v) is 26.5. The number of nitrogens with zero attached hydrogens (tertiary/aromatic N) is 2. The number of fused-ring (bicyclic) bond motifs is 1. The molecular weight excluding hydrogens is 591 g/mol. The average molecular weight is 633 g/mol. The van der Waals surface area contributed by atoms with Crippen molar-refractivity contribution in [1.29, 1.82) is 0 Å². The Morgan fingerprint density at radius 2 is 1.56 bits per heavy atom. The molecule has 1 fully saturated rings. The van der Waals surface area contributed by atoms with E-state index < -0.39 is 37.9 Å². The maximum atomic E-state index is 14.3. The molecule has 0 saturated heterocycles. The second-order valence-electron chi connectivity index (χ2n) is 11.9. The van der Waals surface area contributed by atoms with E-state index in [0.717, 1.165) is 29.5 Å². The Bertz CT molecular complexity index is 1510. The minimum absolute atomic E-state index is 0.0608. The zero-order valence-electron chi connectivity index (χ0n) is 25.6. The van der Waals surface area contributed by atoms with E-state index in [0.29, 0.717) is 31.4 Å². The Labute approximate surface area is 264 Å². The van der Waals surface area contributed by atoms with Crippen molar-refractivity contribution in [3.63, 3.8) is 0 Å². The first kappa shape index (κ1) is 32.6. The topological polar surface area (TPSA) is 113 Å². The van der Waals surface area contributed by atoms with Gasteiger partial charge in [-0.05, 0) is 61.8 Å². The SMILES string of the molecule is CC(Cc1ccccc1)OP(=O)(O)CN(C(=O)C1CCCC1)[C@H]1CCc2ccccc2N(CC(=O)OCc2ccccc2)C1=O. The molecule has 3 aromatic rings. The fourth-order valence-electron chi connectivity index (χ4n) is 6.28. The van der Waals surface area contributed by atoms with Crippen LogP contribution in [0.5, 0.6) is 0 Å². The van der Waals surface area contributed by atoms with E-state index in [-0.39, 0.29) is 31.4 Å². The summed E-state index contributed by atoms with van der Waals surface area (Å²) in [4.78, 5) is 55.1. The summed E-state index contributed by atoms with van der Waals surface area (Å²) in [5, 5.41) is 0. The second-order valence-corrected chi connectivity index (χ2v) is 13.7. The van der Waals surface area contributed by atoms with E-state index in [1.54, 1.807) is 19.1 Å². The smallest absolute Gasteiger partial charge is 0.347 e. The van der Waals surface area contributed by atoms with Crippen LogP contribution in [0.4, 0.5) is 5.69 Å². The van der Waals surface area contributed by atoms with Crippen LogP contribution < -0.4 is 4.90 Å². The van der Waals surface area contributed by atoms with Crippen molar-refractivity contribution in [2.24, 2.45) is 5.92 Å². The van der Waals surface area contributed by atoms with Crippen LogP contribution in [0.25, 0.3) is 0 Å². The third kappa shape index (κ3) is 8.69. The molecule has 0 bridgehead atoms. The Morgan fingerprint density at radius 3 is 2.24 bits per heavy atom. The summed E-state index contributed by atoms with van der Waals surface area (Å²) in [6.45, 7) is 1.42. The fourth-order valence-corrected chi connectivity index (χ4v) is 7.71. The van der Waals surface area contributed by atoms with E-state index in [4.69, 9.17) is 9.26 Å². The van der Waals surface area contributed by atoms with Crippen molar-refractivity contribution in [1.82, 2.24) is 4.90 Å². The molecular formula is C35H41N2O7P. The molecule has 0 spiro atoms. The molecule has 2 amide bonds. The number of amides is 2. The van der Waals surface area contributed by atoms with Gasteiger partial charge in [-0.15, -0.1) is 0 Å². The van der Waals surface area contributed by atoms with E-state index >= 15 is 0 Å². The molecule has 9 nitrogen and oxygen atoms in total. The van der Waals surface area contributed by atoms with E-state index in [1.807, 2.05) is 72.8 Å². The zero-order chi connectivity index (χ0) is 31.8. The Morgan fingerprint density at radius 1 is 0.933 bits per heavy atom. The van der Waals surface area contributed by atoms with Crippen molar-refractivity contribution in [2.75, 3.05) is 17.7 Å². The first-order chi connectivity index (χ1) is 21.7. The van der Waals surface area contributed by atoms with Crippen molar-refractivity contribution in [3.05, 3.63) is 102 Å². The summed E-state index contributed by atoms with van der Waals surface area (Å²) >= 11 is 0. The lowest BCUT2D eigenvalue weighted by Gasteiger charge is -2.35. The van der Waals surface area contributed by atoms with Crippen molar-refractivity contribution in [3.8, 4) is 0 Å². The molecule has 0 aromatic heterocycles. The number of rotatable bonds is 12. The van der Waals surface area contributed by atoms with Crippen molar-refractivity contribution >= 4 is 31.1 Å². The molecule has 2 aliphatic rings. The minimum Gasteiger partial charge on any atom is -0.459 e. The van der Waals surface area contributed by atoms with Crippen LogP contribution in [-0.2, 0) is 47.7 Å². The Balaban J connectivity index is 1.38. The summed E-state index contributed by atoms with van der Waals surface area (Å²) in [6.07, 6.45) is 2.97. The van der Waals surface area contributed by atoms with Gasteiger partial charge < -0.3 is 19.1 Å². The van der Waals surface area contributed by atoms with Gasteiger partial charge in [0.2, 0.25) is 11.8 Å². The molecule has 2 unspecified atom stereocenters. The van der Waals surface area contributed by atoms with E-state index in [1.165, 1.54) is 9.80 Å². The van der Waals surface area contributed by atoms with Gasteiger partial charge in [0, 0.05) is 11.6 Å². The summed E-state index contributed by atoms with van der Waals surface area (Å²) in [6, 6.07) is 25.0. The molecule has 10 heteroatoms. The van der Waals surface area contributed by atoms with Gasteiger partial charge in [-0.25, -0.2) is 0 Å². The summed E-state index contributed by atoms with van der Waals surface area (Å²) in [5.41, 5.74) is 3.18. The first-order valence-electron chi connectivity index (χ1n) is 15.6. The van der Waals surface area contributed by atoms with Crippen molar-refractivity contribution in [2.45, 2.75) is 70.6 Å². The van der Waals surface area contributed by atoms with Gasteiger partial charge in [-0.3, -0.25) is 23.8 Å². The number of ether oxygens (including phenoxy) is 1. The molecule has 238 valence electrons. The quantitative estimate of drug-likeness (QED) is 0.196. The van der Waals surface area contributed by atoms with Crippen LogP contribution in [0.3, 0.4) is 0 Å². The van der Waals surface area contributed by atoms with Gasteiger partial charge >= 0.3 is 13.6 Å². The maximum Gasteiger partial charge on any atom is 0.347 e. The highest BCUT2D eigenvalue weighted by molar-refractivity contribution is 7.52. The van der Waals surface area contributed by atoms with Gasteiger partial charge in [-0.2, -0.15) is 0 Å². The first-order valence-corrected chi connectivity index (χ1v) is 17.4. The number of esters is 1. The molecule has 1 heterocycles. The summed E-state index contributed by atoms with van der Waals surface area (Å²) in [7, 11) is -4.37. The third-order valence-electron chi connectivity index (χ3n) is 8.46. The van der Waals surface area contributed by atoms with Gasteiger partial charge in [0.15, 0.2) is 0 Å². The van der Waals surface area contributed by atoms with Crippen LogP contribution in [0.15, 0.2) is 84.9 Å². The van der Waals surface area contributed by atoms with Crippen LogP contribution >= 0.6 is 7.60 Å². The number of carbonyl (C=O) groups is 3. The predicted octanol–water partition coefficient (Wildman–Crippen LogP) is 5.89. The lowest BCUT2D eigenvalue weighted by Crippen LogP contribution is -2.53. The number of carbonyl (C=O) groups excluding carboxylic acids is 3. The van der Waals surface area contributed by atoms with Crippen LogP contribution in [-0.4, -0.2) is 52.6 Å². The summed E-state index contributed by atoms with van der Waals surface area (Å²) < 4.78 is 24.8. The number of benzene rings is 3. The lowest BCUT2D eigenvalue weighted by molar-refractivity contribution is -0.145. The molecule has 45 heavy (non-hydrogen) atoms. The molecule has 0 radical (unpaired) electrons. The molecule has 3 aromatic carbocycles. The fraction of sp³-hybridized carbons (Fsp3) is 0.400. The van der Waals surface area contributed by atoms with Crippen LogP contribution in [0.1, 0.15) is 55.7 Å². The number of hydrogen-bond acceptors (Lipinski definition) is 6. The summed E-state index contributed by atoms with van der Waals surface area (Å²) in [5.74, 6) is -1.74. The molecule has 1 aliphatic heterocycles. The number of anilines is 1. The normalized spacial score (nSPS) is 18.8. The lowest BCUT2D eigenvalue weighted by atomic mass is 10.0. The molecule has 1 saturated carbocycles. The third-order valence-corrected chi connectivity index (χ3v) is 9.81. The Hall–Kier alpha value is -3.78. The molecule has 3 atom stereocenters. The van der Waals surface area contributed by atoms with Crippen molar-refractivity contribution < 1.29 is 33.1 Å². The molecule has 5 rings (SSSR count). The number of para-hydroxylation sites is 1. The highest BCUT2D eigenvalue weighted by Gasteiger charge is 2.43. The van der Waals surface area contributed by atoms with Gasteiger partial charge in [0.05, 0.1) is 6.10 Å². The second kappa shape index (κ2) is 15.0. The largest absolute Gasteiger partial charge is 0.459 e. The van der Waals surface area contributed by atoms with E-state index in [2.05, 4.69) is 0 Å². The highest BCUT2D eigenvalue weighted by Crippen LogP contribution is 2.46. The molecule has 1 aliphatic carbocycles. The van der Waals surface area contributed by atoms with Crippen LogP contribution in [0.2, 0.25) is 0 Å². The number of aryl methyl sites for hydroxylation is 1. The predicted molar refractivity (Wildman–Crippen MR) is 171 cm³/mol. The Kier molecular flexibility index (Phi) is 10.9. The van der Waals surface area contributed by atoms with Crippen LogP contribution in [0, 0.1) is 5.92 Å². The maximum absolute atomic E-state index is 14.3. The monoisotopic (exact) mass is 632 g/mol. The van der Waals surface area contributed by atoms with E-state index in [9.17, 15) is 23.8 Å². The van der Waals surface area contributed by atoms with Gasteiger partial charge in [-0.1, -0.05) is 91.7 Å². The minimum atomic E-state index is -4.37. The number of hydrogen-bond donors (Lipinski definition) is 1. The van der Waals surface area contributed by atoms with Gasteiger partial charge in [0.25, 0.3) is 0 Å².